The number of aliphatic hydroxyl groups excluding tert-OH is 1. The van der Waals surface area contributed by atoms with Crippen molar-refractivity contribution in [3.63, 3.8) is 0 Å². The van der Waals surface area contributed by atoms with Crippen LogP contribution in [0.2, 0.25) is 0 Å². The first kappa shape index (κ1) is 18.5. The lowest BCUT2D eigenvalue weighted by Crippen LogP contribution is -2.49. The molecule has 6 heteroatoms. The molecule has 2 aromatic carbocycles. The Labute approximate surface area is 164 Å². The molecular weight excluding hydrogens is 354 g/mol. The van der Waals surface area contributed by atoms with Gasteiger partial charge in [0.05, 0.1) is 0 Å². The highest BCUT2D eigenvalue weighted by molar-refractivity contribution is 5.79. The van der Waals surface area contributed by atoms with Gasteiger partial charge < -0.3 is 19.7 Å². The minimum absolute atomic E-state index is 0.121. The Balaban J connectivity index is 1.25. The van der Waals surface area contributed by atoms with Crippen LogP contribution in [0.1, 0.15) is 0 Å². The highest BCUT2D eigenvalue weighted by Gasteiger charge is 2.19. The minimum Gasteiger partial charge on any atom is -0.491 e. The maximum Gasteiger partial charge on any atom is 0.248 e. The highest BCUT2D eigenvalue weighted by atomic mass is 16.5. The second kappa shape index (κ2) is 8.46. The molecule has 1 aliphatic rings. The smallest absolute Gasteiger partial charge is 0.248 e. The molecule has 0 radical (unpaired) electrons. The Morgan fingerprint density at radius 2 is 1.79 bits per heavy atom. The third-order valence-corrected chi connectivity index (χ3v) is 5.10. The number of anilines is 1. The predicted octanol–water partition coefficient (Wildman–Crippen LogP) is 2.09. The molecule has 1 fully saturated rings. The quantitative estimate of drug-likeness (QED) is 0.686. The van der Waals surface area contributed by atoms with Crippen LogP contribution in [-0.2, 0) is 0 Å². The zero-order valence-corrected chi connectivity index (χ0v) is 15.8. The zero-order valence-electron chi connectivity index (χ0n) is 15.8. The van der Waals surface area contributed by atoms with Crippen LogP contribution >= 0.6 is 0 Å². The Hall–Kier alpha value is -2.83. The van der Waals surface area contributed by atoms with E-state index < -0.39 is 6.10 Å². The molecule has 0 amide bonds. The predicted molar refractivity (Wildman–Crippen MR) is 111 cm³/mol. The first-order chi connectivity index (χ1) is 13.7. The molecule has 0 aliphatic carbocycles. The third-order valence-electron chi connectivity index (χ3n) is 5.10. The van der Waals surface area contributed by atoms with E-state index in [0.29, 0.717) is 12.3 Å². The Kier molecular flexibility index (Phi) is 5.60. The summed E-state index contributed by atoms with van der Waals surface area (Å²) < 4.78 is 5.76. The summed E-state index contributed by atoms with van der Waals surface area (Å²) >= 11 is 0. The maximum absolute atomic E-state index is 11.3. The number of nitrogens with zero attached hydrogens (tertiary/aromatic N) is 2. The number of aromatic amines is 1. The number of piperazine rings is 1. The standard InChI is InChI=1S/C22H25N3O3/c26-19(15-24-10-12-25(13-11-24)18-4-2-1-3-5-18)16-28-20-7-8-21-17(14-20)6-9-22(27)23-21/h1-9,14,19,26H,10-13,15-16H2,(H,23,27)/t19-/m0/s1. The number of aromatic nitrogens is 1. The van der Waals surface area contributed by atoms with E-state index in [-0.39, 0.29) is 12.2 Å². The Morgan fingerprint density at radius 3 is 2.57 bits per heavy atom. The van der Waals surface area contributed by atoms with Gasteiger partial charge in [-0.25, -0.2) is 0 Å². The Morgan fingerprint density at radius 1 is 1.00 bits per heavy atom. The summed E-state index contributed by atoms with van der Waals surface area (Å²) in [7, 11) is 0. The van der Waals surface area contributed by atoms with Gasteiger partial charge in [0.1, 0.15) is 18.5 Å². The molecular formula is C22H25N3O3. The van der Waals surface area contributed by atoms with Crippen molar-refractivity contribution in [3.8, 4) is 5.75 Å². The lowest BCUT2D eigenvalue weighted by atomic mass is 10.2. The molecule has 1 atom stereocenters. The fourth-order valence-electron chi connectivity index (χ4n) is 3.59. The second-order valence-corrected chi connectivity index (χ2v) is 7.16. The summed E-state index contributed by atoms with van der Waals surface area (Å²) in [5.41, 5.74) is 1.91. The average Bonchev–Trinajstić information content (AvgIpc) is 2.73. The normalized spacial score (nSPS) is 16.2. The molecule has 4 rings (SSSR count). The number of H-pyrrole nitrogens is 1. The summed E-state index contributed by atoms with van der Waals surface area (Å²) in [4.78, 5) is 18.8. The summed E-state index contributed by atoms with van der Waals surface area (Å²) in [6.45, 7) is 4.61. The highest BCUT2D eigenvalue weighted by Crippen LogP contribution is 2.19. The number of hydrogen-bond donors (Lipinski definition) is 2. The van der Waals surface area contributed by atoms with Crippen LogP contribution in [0.25, 0.3) is 10.9 Å². The molecule has 6 nitrogen and oxygen atoms in total. The molecule has 1 saturated heterocycles. The fraction of sp³-hybridized carbons (Fsp3) is 0.318. The van der Waals surface area contributed by atoms with E-state index in [1.54, 1.807) is 6.07 Å². The van der Waals surface area contributed by atoms with E-state index in [2.05, 4.69) is 39.0 Å². The number of fused-ring (bicyclic) bond motifs is 1. The fourth-order valence-corrected chi connectivity index (χ4v) is 3.59. The molecule has 3 aromatic rings. The lowest BCUT2D eigenvalue weighted by Gasteiger charge is -2.36. The van der Waals surface area contributed by atoms with Gasteiger partial charge in [0.25, 0.3) is 0 Å². The summed E-state index contributed by atoms with van der Waals surface area (Å²) in [5.74, 6) is 0.687. The molecule has 2 N–H and O–H groups in total. The molecule has 1 aromatic heterocycles. The van der Waals surface area contributed by atoms with Crippen molar-refractivity contribution in [3.05, 3.63) is 71.0 Å². The number of pyridine rings is 1. The largest absolute Gasteiger partial charge is 0.491 e. The van der Waals surface area contributed by atoms with Gasteiger partial charge in [-0.05, 0) is 36.4 Å². The molecule has 2 heterocycles. The lowest BCUT2D eigenvalue weighted by molar-refractivity contribution is 0.0663. The number of para-hydroxylation sites is 1. The molecule has 0 unspecified atom stereocenters. The van der Waals surface area contributed by atoms with Gasteiger partial charge in [-0.3, -0.25) is 9.69 Å². The van der Waals surface area contributed by atoms with Gasteiger partial charge in [0.2, 0.25) is 5.56 Å². The first-order valence-electron chi connectivity index (χ1n) is 9.64. The number of nitrogens with one attached hydrogen (secondary N) is 1. The van der Waals surface area contributed by atoms with Crippen molar-refractivity contribution in [2.75, 3.05) is 44.2 Å². The summed E-state index contributed by atoms with van der Waals surface area (Å²) in [6.07, 6.45) is -0.547. The van der Waals surface area contributed by atoms with Crippen molar-refractivity contribution in [2.24, 2.45) is 0 Å². The van der Waals surface area contributed by atoms with Crippen LogP contribution in [0.3, 0.4) is 0 Å². The SMILES string of the molecule is O=c1ccc2cc(OC[C@@H](O)CN3CCN(c4ccccc4)CC3)ccc2[nH]1. The zero-order chi connectivity index (χ0) is 19.3. The van der Waals surface area contributed by atoms with Crippen molar-refractivity contribution in [1.29, 1.82) is 0 Å². The van der Waals surface area contributed by atoms with E-state index in [9.17, 15) is 9.90 Å². The van der Waals surface area contributed by atoms with Crippen LogP contribution < -0.4 is 15.2 Å². The van der Waals surface area contributed by atoms with Crippen LogP contribution in [0.5, 0.6) is 5.75 Å². The molecule has 1 aliphatic heterocycles. The molecule has 146 valence electrons. The van der Waals surface area contributed by atoms with E-state index in [1.807, 2.05) is 24.3 Å². The molecule has 0 bridgehead atoms. The van der Waals surface area contributed by atoms with Gasteiger partial charge >= 0.3 is 0 Å². The van der Waals surface area contributed by atoms with Crippen molar-refractivity contribution in [1.82, 2.24) is 9.88 Å². The van der Waals surface area contributed by atoms with Crippen LogP contribution in [0.15, 0.2) is 65.5 Å². The maximum atomic E-state index is 11.3. The number of hydrogen-bond acceptors (Lipinski definition) is 5. The van der Waals surface area contributed by atoms with Crippen LogP contribution in [-0.4, -0.2) is 60.4 Å². The van der Waals surface area contributed by atoms with E-state index in [0.717, 1.165) is 37.1 Å². The van der Waals surface area contributed by atoms with Gasteiger partial charge in [-0.1, -0.05) is 18.2 Å². The summed E-state index contributed by atoms with van der Waals surface area (Å²) in [6, 6.07) is 19.2. The van der Waals surface area contributed by atoms with Gasteiger partial charge in [-0.2, -0.15) is 0 Å². The van der Waals surface area contributed by atoms with Crippen molar-refractivity contribution < 1.29 is 9.84 Å². The van der Waals surface area contributed by atoms with Crippen LogP contribution in [0, 0.1) is 0 Å². The van der Waals surface area contributed by atoms with Crippen LogP contribution in [0.4, 0.5) is 5.69 Å². The molecule has 0 saturated carbocycles. The van der Waals surface area contributed by atoms with E-state index in [4.69, 9.17) is 4.74 Å². The third kappa shape index (κ3) is 4.52. The van der Waals surface area contributed by atoms with E-state index in [1.165, 1.54) is 11.8 Å². The van der Waals surface area contributed by atoms with E-state index >= 15 is 0 Å². The van der Waals surface area contributed by atoms with Crippen molar-refractivity contribution in [2.45, 2.75) is 6.10 Å². The van der Waals surface area contributed by atoms with Gasteiger partial charge in [0, 0.05) is 55.4 Å². The topological polar surface area (TPSA) is 68.8 Å². The summed E-state index contributed by atoms with van der Waals surface area (Å²) in [5, 5.41) is 11.3. The number of benzene rings is 2. The average molecular weight is 379 g/mol. The van der Waals surface area contributed by atoms with Gasteiger partial charge in [0.15, 0.2) is 0 Å². The number of rotatable bonds is 6. The minimum atomic E-state index is -0.547. The number of β-amino-alcohol motifs (C(OH)–C–C–N with tert-alkyl or cyclic N) is 1. The number of ether oxygens (including phenoxy) is 1. The second-order valence-electron chi connectivity index (χ2n) is 7.16. The Bertz CT molecular complexity index is 965. The molecule has 28 heavy (non-hydrogen) atoms. The van der Waals surface area contributed by atoms with Gasteiger partial charge in [-0.15, -0.1) is 0 Å². The molecule has 0 spiro atoms. The van der Waals surface area contributed by atoms with Crippen molar-refractivity contribution >= 4 is 16.6 Å². The number of aliphatic hydroxyl groups is 1. The first-order valence-corrected chi connectivity index (χ1v) is 9.64. The monoisotopic (exact) mass is 379 g/mol.